The van der Waals surface area contributed by atoms with E-state index in [1.165, 1.54) is 25.3 Å². The lowest BCUT2D eigenvalue weighted by molar-refractivity contribution is -0.386. The first-order valence-electron chi connectivity index (χ1n) is 8.96. The molecule has 11 nitrogen and oxygen atoms in total. The molecular weight excluding hydrogens is 410 g/mol. The Labute approximate surface area is 175 Å². The number of nitrogens with one attached hydrogen (secondary N) is 1. The van der Waals surface area contributed by atoms with Crippen molar-refractivity contribution in [3.63, 3.8) is 0 Å². The molecule has 1 fully saturated rings. The summed E-state index contributed by atoms with van der Waals surface area (Å²) in [5.74, 6) is -2.27. The molecule has 0 unspecified atom stereocenters. The molecule has 1 aliphatic rings. The molecule has 2 N–H and O–H groups in total. The van der Waals surface area contributed by atoms with E-state index < -0.39 is 39.8 Å². The molecule has 1 heterocycles. The van der Waals surface area contributed by atoms with Crippen LogP contribution in [0.25, 0.3) is 6.08 Å². The molecule has 1 aliphatic heterocycles. The van der Waals surface area contributed by atoms with Crippen LogP contribution in [0.4, 0.5) is 16.2 Å². The van der Waals surface area contributed by atoms with E-state index in [1.807, 2.05) is 0 Å². The van der Waals surface area contributed by atoms with Crippen LogP contribution in [0.2, 0.25) is 0 Å². The second kappa shape index (κ2) is 8.53. The molecule has 0 bridgehead atoms. The molecular formula is C20H17N3O8. The number of hydrogen-bond acceptors (Lipinski definition) is 8. The van der Waals surface area contributed by atoms with Gasteiger partial charge in [0.25, 0.3) is 11.8 Å². The second-order valence-corrected chi connectivity index (χ2v) is 6.23. The molecule has 0 atom stereocenters. The number of phenolic OH excluding ortho intramolecular Hbond substituents is 1. The van der Waals surface area contributed by atoms with E-state index in [0.717, 1.165) is 17.0 Å². The number of phenols is 1. The minimum absolute atomic E-state index is 0.0424. The third-order valence-corrected chi connectivity index (χ3v) is 4.31. The number of carbonyl (C=O) groups is 3. The number of methoxy groups -OCH3 is 1. The summed E-state index contributed by atoms with van der Waals surface area (Å²) in [7, 11) is 1.19. The Hall–Kier alpha value is -4.41. The van der Waals surface area contributed by atoms with E-state index in [-0.39, 0.29) is 17.0 Å². The highest BCUT2D eigenvalue weighted by Gasteiger charge is 2.37. The molecule has 0 saturated carbocycles. The molecule has 0 radical (unpaired) electrons. The highest BCUT2D eigenvalue weighted by molar-refractivity contribution is 6.39. The molecule has 31 heavy (non-hydrogen) atoms. The number of urea groups is 1. The zero-order chi connectivity index (χ0) is 22.7. The first-order chi connectivity index (χ1) is 14.8. The third-order valence-electron chi connectivity index (χ3n) is 4.31. The summed E-state index contributed by atoms with van der Waals surface area (Å²) in [6.45, 7) is 2.24. The summed E-state index contributed by atoms with van der Waals surface area (Å²) in [6.07, 6.45) is 1.07. The van der Waals surface area contributed by atoms with Gasteiger partial charge in [-0.25, -0.2) is 9.69 Å². The molecule has 0 spiro atoms. The Morgan fingerprint density at radius 1 is 1.19 bits per heavy atom. The van der Waals surface area contributed by atoms with Crippen molar-refractivity contribution in [2.24, 2.45) is 0 Å². The Morgan fingerprint density at radius 3 is 2.45 bits per heavy atom. The van der Waals surface area contributed by atoms with Crippen molar-refractivity contribution in [2.45, 2.75) is 6.92 Å². The fourth-order valence-corrected chi connectivity index (χ4v) is 2.91. The second-order valence-electron chi connectivity index (χ2n) is 6.23. The van der Waals surface area contributed by atoms with Gasteiger partial charge in [-0.15, -0.1) is 0 Å². The van der Waals surface area contributed by atoms with Crippen LogP contribution in [-0.2, 0) is 9.59 Å². The lowest BCUT2D eigenvalue weighted by Gasteiger charge is -2.26. The predicted molar refractivity (Wildman–Crippen MR) is 108 cm³/mol. The molecule has 4 amide bonds. The Morgan fingerprint density at radius 2 is 1.87 bits per heavy atom. The maximum absolute atomic E-state index is 12.9. The summed E-state index contributed by atoms with van der Waals surface area (Å²) in [6, 6.07) is 7.33. The van der Waals surface area contributed by atoms with E-state index in [0.29, 0.717) is 12.4 Å². The summed E-state index contributed by atoms with van der Waals surface area (Å²) < 4.78 is 10.2. The number of aromatic hydroxyl groups is 1. The van der Waals surface area contributed by atoms with Gasteiger partial charge >= 0.3 is 11.7 Å². The zero-order valence-electron chi connectivity index (χ0n) is 16.4. The van der Waals surface area contributed by atoms with E-state index in [1.54, 1.807) is 19.1 Å². The van der Waals surface area contributed by atoms with Crippen molar-refractivity contribution in [2.75, 3.05) is 18.6 Å². The molecule has 0 aromatic heterocycles. The van der Waals surface area contributed by atoms with Gasteiger partial charge in [0.15, 0.2) is 5.75 Å². The first kappa shape index (κ1) is 21.3. The number of anilines is 1. The van der Waals surface area contributed by atoms with Gasteiger partial charge in [-0.3, -0.25) is 25.0 Å². The van der Waals surface area contributed by atoms with Crippen LogP contribution >= 0.6 is 0 Å². The van der Waals surface area contributed by atoms with Gasteiger partial charge < -0.3 is 14.6 Å². The van der Waals surface area contributed by atoms with E-state index in [9.17, 15) is 29.6 Å². The van der Waals surface area contributed by atoms with Gasteiger partial charge in [-0.1, -0.05) is 0 Å². The summed E-state index contributed by atoms with van der Waals surface area (Å²) >= 11 is 0. The van der Waals surface area contributed by atoms with Crippen molar-refractivity contribution < 1.29 is 33.9 Å². The SMILES string of the molecule is CCOc1ccc(N2C(=O)NC(=O)C(=Cc3cc(OC)c(O)c([N+](=O)[O-])c3)C2=O)cc1. The van der Waals surface area contributed by atoms with Crippen LogP contribution in [0.15, 0.2) is 42.0 Å². The number of benzene rings is 2. The number of nitrogens with zero attached hydrogens (tertiary/aromatic N) is 2. The van der Waals surface area contributed by atoms with Gasteiger partial charge in [-0.05, 0) is 48.9 Å². The average Bonchev–Trinajstić information content (AvgIpc) is 2.73. The molecule has 11 heteroatoms. The van der Waals surface area contributed by atoms with Crippen molar-refractivity contribution >= 4 is 35.3 Å². The number of hydrogen-bond donors (Lipinski definition) is 2. The zero-order valence-corrected chi connectivity index (χ0v) is 16.4. The van der Waals surface area contributed by atoms with Gasteiger partial charge in [0.2, 0.25) is 5.75 Å². The maximum atomic E-state index is 12.9. The monoisotopic (exact) mass is 427 g/mol. The first-order valence-corrected chi connectivity index (χ1v) is 8.96. The van der Waals surface area contributed by atoms with Crippen LogP contribution < -0.4 is 19.7 Å². The van der Waals surface area contributed by atoms with Crippen LogP contribution in [-0.4, -0.2) is 41.6 Å². The molecule has 1 saturated heterocycles. The number of imide groups is 2. The fraction of sp³-hybridized carbons (Fsp3) is 0.150. The Kier molecular flexibility index (Phi) is 5.86. The van der Waals surface area contributed by atoms with E-state index in [4.69, 9.17) is 9.47 Å². The Balaban J connectivity index is 2.03. The highest BCUT2D eigenvalue weighted by Crippen LogP contribution is 2.37. The lowest BCUT2D eigenvalue weighted by Crippen LogP contribution is -2.54. The van der Waals surface area contributed by atoms with Crippen LogP contribution in [0.3, 0.4) is 0 Å². The minimum atomic E-state index is -0.966. The van der Waals surface area contributed by atoms with Gasteiger partial charge in [0, 0.05) is 6.07 Å². The van der Waals surface area contributed by atoms with Crippen molar-refractivity contribution in [1.29, 1.82) is 0 Å². The third kappa shape index (κ3) is 4.15. The largest absolute Gasteiger partial charge is 0.500 e. The number of nitro groups is 1. The van der Waals surface area contributed by atoms with Crippen LogP contribution in [0, 0.1) is 10.1 Å². The number of ether oxygens (including phenoxy) is 2. The number of nitro benzene ring substituents is 1. The standard InChI is InChI=1S/C20H17N3O8/c1-3-31-13-6-4-12(5-7-13)22-19(26)14(18(25)21-20(22)27)8-11-9-15(23(28)29)17(24)16(10-11)30-2/h4-10,24H,3H2,1-2H3,(H,21,25,27). The number of amides is 4. The summed E-state index contributed by atoms with van der Waals surface area (Å²) in [5, 5.41) is 23.1. The summed E-state index contributed by atoms with van der Waals surface area (Å²) in [4.78, 5) is 48.6. The number of rotatable bonds is 6. The molecule has 0 aliphatic carbocycles. The average molecular weight is 427 g/mol. The normalized spacial score (nSPS) is 15.1. The van der Waals surface area contributed by atoms with Gasteiger partial charge in [-0.2, -0.15) is 0 Å². The molecule has 2 aromatic carbocycles. The highest BCUT2D eigenvalue weighted by atomic mass is 16.6. The predicted octanol–water partition coefficient (Wildman–Crippen LogP) is 2.37. The summed E-state index contributed by atoms with van der Waals surface area (Å²) in [5.41, 5.74) is -0.871. The smallest absolute Gasteiger partial charge is 0.335 e. The van der Waals surface area contributed by atoms with Gasteiger partial charge in [0.05, 0.1) is 24.3 Å². The molecule has 3 rings (SSSR count). The quantitative estimate of drug-likeness (QED) is 0.309. The van der Waals surface area contributed by atoms with Crippen LogP contribution in [0.1, 0.15) is 12.5 Å². The topological polar surface area (TPSA) is 148 Å². The van der Waals surface area contributed by atoms with Crippen molar-refractivity contribution in [3.05, 3.63) is 57.6 Å². The Bertz CT molecular complexity index is 1110. The minimum Gasteiger partial charge on any atom is -0.500 e. The van der Waals surface area contributed by atoms with Crippen molar-refractivity contribution in [1.82, 2.24) is 5.32 Å². The number of barbiturate groups is 1. The van der Waals surface area contributed by atoms with Crippen LogP contribution in [0.5, 0.6) is 17.2 Å². The molecule has 160 valence electrons. The van der Waals surface area contributed by atoms with E-state index >= 15 is 0 Å². The number of carbonyl (C=O) groups excluding carboxylic acids is 3. The molecule has 2 aromatic rings. The van der Waals surface area contributed by atoms with Crippen molar-refractivity contribution in [3.8, 4) is 17.2 Å². The maximum Gasteiger partial charge on any atom is 0.335 e. The lowest BCUT2D eigenvalue weighted by atomic mass is 10.1. The van der Waals surface area contributed by atoms with Gasteiger partial charge in [0.1, 0.15) is 11.3 Å². The van der Waals surface area contributed by atoms with E-state index in [2.05, 4.69) is 5.32 Å². The fourth-order valence-electron chi connectivity index (χ4n) is 2.91.